The Morgan fingerprint density at radius 3 is 1.84 bits per heavy atom. The van der Waals surface area contributed by atoms with Gasteiger partial charge in [0.25, 0.3) is 0 Å². The molecule has 0 aliphatic heterocycles. The molecule has 1 aliphatic rings. The van der Waals surface area contributed by atoms with Crippen LogP contribution in [0.3, 0.4) is 0 Å². The maximum Gasteiger partial charge on any atom is 0.0791 e. The summed E-state index contributed by atoms with van der Waals surface area (Å²) in [5, 5.41) is 1.93. The molecule has 3 aromatic rings. The summed E-state index contributed by atoms with van der Waals surface area (Å²) < 4.78 is 0. The lowest BCUT2D eigenvalue weighted by Crippen LogP contribution is -1.77. The number of rotatable bonds is 0. The Bertz CT molecular complexity index is 574. The van der Waals surface area contributed by atoms with Crippen LogP contribution in [0.5, 0.6) is 0 Å². The summed E-state index contributed by atoms with van der Waals surface area (Å²) in [5.74, 6) is 0. The highest BCUT2D eigenvalue weighted by Gasteiger charge is 2.15. The van der Waals surface area contributed by atoms with Crippen molar-refractivity contribution in [1.29, 1.82) is 0 Å². The van der Waals surface area contributed by atoms with Crippen LogP contribution in [0.1, 0.15) is 11.1 Å². The standard InChI is InChI=1S/C13H10.C3H3NS.H4Si/c1-3-7-12-10(5-1)9-11-6-2-4-8-13(11)12;1-2-5-3-4-1;/h1-8H,9H2;1-3H;1H4. The third kappa shape index (κ3) is 3.00. The molecule has 0 fully saturated rings. The number of fused-ring (bicyclic) bond motifs is 3. The minimum Gasteiger partial charge on any atom is -0.253 e. The fourth-order valence-corrected chi connectivity index (χ4v) is 2.61. The van der Waals surface area contributed by atoms with Gasteiger partial charge < -0.3 is 0 Å². The number of thiazole rings is 1. The van der Waals surface area contributed by atoms with Crippen LogP contribution in [0.4, 0.5) is 0 Å². The number of benzene rings is 2. The van der Waals surface area contributed by atoms with Gasteiger partial charge in [0, 0.05) is 11.6 Å². The van der Waals surface area contributed by atoms with Gasteiger partial charge in [0.05, 0.1) is 5.51 Å². The summed E-state index contributed by atoms with van der Waals surface area (Å²) in [6.45, 7) is 0. The van der Waals surface area contributed by atoms with E-state index in [0.717, 1.165) is 6.42 Å². The summed E-state index contributed by atoms with van der Waals surface area (Å²) in [6.07, 6.45) is 2.87. The first kappa shape index (κ1) is 13.7. The molecule has 0 atom stereocenters. The van der Waals surface area contributed by atoms with Crippen LogP contribution in [0.2, 0.25) is 0 Å². The SMILES string of the molecule is [SiH4].c1ccc2c(c1)Cc1ccccc1-2.c1cscn1. The Balaban J connectivity index is 0.000000190. The van der Waals surface area contributed by atoms with Gasteiger partial charge in [0.15, 0.2) is 0 Å². The predicted molar refractivity (Wildman–Crippen MR) is 88.1 cm³/mol. The van der Waals surface area contributed by atoms with E-state index >= 15 is 0 Å². The highest BCUT2D eigenvalue weighted by atomic mass is 32.1. The van der Waals surface area contributed by atoms with Gasteiger partial charge in [-0.1, -0.05) is 48.5 Å². The van der Waals surface area contributed by atoms with Gasteiger partial charge in [0.2, 0.25) is 0 Å². The van der Waals surface area contributed by atoms with Gasteiger partial charge in [-0.25, -0.2) is 0 Å². The minimum absolute atomic E-state index is 0. The van der Waals surface area contributed by atoms with Crippen molar-refractivity contribution in [3.8, 4) is 11.1 Å². The van der Waals surface area contributed by atoms with E-state index in [1.165, 1.54) is 22.3 Å². The van der Waals surface area contributed by atoms with E-state index in [1.807, 2.05) is 5.38 Å². The fraction of sp³-hybridized carbons (Fsp3) is 0.0625. The van der Waals surface area contributed by atoms with Crippen LogP contribution < -0.4 is 0 Å². The molecule has 1 nitrogen and oxygen atoms in total. The van der Waals surface area contributed by atoms with Crippen LogP contribution in [-0.2, 0) is 6.42 Å². The van der Waals surface area contributed by atoms with Crippen molar-refractivity contribution < 1.29 is 0 Å². The van der Waals surface area contributed by atoms with Crippen molar-refractivity contribution in [2.75, 3.05) is 0 Å². The second kappa shape index (κ2) is 6.45. The first-order valence-corrected chi connectivity index (χ1v) is 6.88. The molecule has 96 valence electrons. The normalized spacial score (nSPS) is 10.5. The molecule has 0 unspecified atom stereocenters. The summed E-state index contributed by atoms with van der Waals surface area (Å²) in [4.78, 5) is 3.74. The number of nitrogens with zero attached hydrogens (tertiary/aromatic N) is 1. The molecule has 1 heterocycles. The summed E-state index contributed by atoms with van der Waals surface area (Å²) in [5.41, 5.74) is 7.55. The summed E-state index contributed by atoms with van der Waals surface area (Å²) in [6, 6.07) is 17.3. The van der Waals surface area contributed by atoms with Crippen molar-refractivity contribution in [2.24, 2.45) is 0 Å². The smallest absolute Gasteiger partial charge is 0.0791 e. The van der Waals surface area contributed by atoms with E-state index in [0.29, 0.717) is 0 Å². The lowest BCUT2D eigenvalue weighted by molar-refractivity contribution is 1.26. The van der Waals surface area contributed by atoms with Gasteiger partial charge in [0.1, 0.15) is 0 Å². The highest BCUT2D eigenvalue weighted by Crippen LogP contribution is 2.35. The van der Waals surface area contributed by atoms with E-state index in [2.05, 4.69) is 53.5 Å². The lowest BCUT2D eigenvalue weighted by Gasteiger charge is -1.98. The van der Waals surface area contributed by atoms with Crippen LogP contribution in [0.15, 0.2) is 65.6 Å². The van der Waals surface area contributed by atoms with Crippen molar-refractivity contribution in [1.82, 2.24) is 4.98 Å². The molecule has 1 aromatic heterocycles. The predicted octanol–water partition coefficient (Wildman–Crippen LogP) is 2.95. The molecular formula is C16H17NSSi. The summed E-state index contributed by atoms with van der Waals surface area (Å²) in [7, 11) is 0. The monoisotopic (exact) mass is 283 g/mol. The molecule has 0 amide bonds. The molecule has 0 radical (unpaired) electrons. The summed E-state index contributed by atoms with van der Waals surface area (Å²) >= 11 is 1.60. The van der Waals surface area contributed by atoms with E-state index < -0.39 is 0 Å². The van der Waals surface area contributed by atoms with Gasteiger partial charge in [-0.15, -0.1) is 11.3 Å². The molecule has 4 rings (SSSR count). The Morgan fingerprint density at radius 1 is 0.842 bits per heavy atom. The fourth-order valence-electron chi connectivity index (χ4n) is 2.26. The molecule has 2 aromatic carbocycles. The van der Waals surface area contributed by atoms with Gasteiger partial charge in [-0.2, -0.15) is 0 Å². The van der Waals surface area contributed by atoms with Gasteiger partial charge in [-0.05, 0) is 39.6 Å². The molecule has 19 heavy (non-hydrogen) atoms. The van der Waals surface area contributed by atoms with Crippen molar-refractivity contribution >= 4 is 22.3 Å². The third-order valence-corrected chi connectivity index (χ3v) is 3.58. The van der Waals surface area contributed by atoms with E-state index in [1.54, 1.807) is 23.0 Å². The zero-order valence-corrected chi connectivity index (χ0v) is 10.7. The van der Waals surface area contributed by atoms with Crippen molar-refractivity contribution in [2.45, 2.75) is 6.42 Å². The average molecular weight is 283 g/mol. The van der Waals surface area contributed by atoms with Crippen LogP contribution in [-0.4, -0.2) is 15.9 Å². The zero-order chi connectivity index (χ0) is 12.2. The van der Waals surface area contributed by atoms with Crippen molar-refractivity contribution in [3.63, 3.8) is 0 Å². The molecule has 0 saturated carbocycles. The molecule has 3 heteroatoms. The molecule has 0 bridgehead atoms. The maximum atomic E-state index is 3.74. The van der Waals surface area contributed by atoms with Crippen molar-refractivity contribution in [3.05, 3.63) is 76.7 Å². The maximum absolute atomic E-state index is 3.74. The number of hydrogen-bond acceptors (Lipinski definition) is 2. The Morgan fingerprint density at radius 2 is 1.42 bits per heavy atom. The second-order valence-electron chi connectivity index (χ2n) is 4.17. The number of aromatic nitrogens is 1. The minimum atomic E-state index is 0. The van der Waals surface area contributed by atoms with Crippen LogP contribution in [0.25, 0.3) is 11.1 Å². The largest absolute Gasteiger partial charge is 0.253 e. The average Bonchev–Trinajstić information content (AvgIpc) is 3.10. The topological polar surface area (TPSA) is 12.9 Å². The first-order chi connectivity index (χ1) is 8.95. The molecule has 0 N–H and O–H groups in total. The Hall–Kier alpha value is -1.71. The van der Waals surface area contributed by atoms with Crippen LogP contribution >= 0.6 is 11.3 Å². The third-order valence-electron chi connectivity index (χ3n) is 3.05. The molecular weight excluding hydrogens is 266 g/mol. The van der Waals surface area contributed by atoms with E-state index in [-0.39, 0.29) is 11.0 Å². The highest BCUT2D eigenvalue weighted by molar-refractivity contribution is 7.07. The van der Waals surface area contributed by atoms with E-state index in [4.69, 9.17) is 0 Å². The van der Waals surface area contributed by atoms with Gasteiger partial charge >= 0.3 is 0 Å². The Labute approximate surface area is 122 Å². The molecule has 0 spiro atoms. The zero-order valence-electron chi connectivity index (χ0n) is 9.91. The quantitative estimate of drug-likeness (QED) is 0.452. The van der Waals surface area contributed by atoms with Gasteiger partial charge in [-0.3, -0.25) is 4.98 Å². The first-order valence-electron chi connectivity index (χ1n) is 5.93. The number of hydrogen-bond donors (Lipinski definition) is 0. The Kier molecular flexibility index (Phi) is 4.66. The van der Waals surface area contributed by atoms with E-state index in [9.17, 15) is 0 Å². The molecule has 1 aliphatic carbocycles. The van der Waals surface area contributed by atoms with Crippen LogP contribution in [0, 0.1) is 0 Å². The second-order valence-corrected chi connectivity index (χ2v) is 4.92. The molecule has 0 saturated heterocycles. The lowest BCUT2D eigenvalue weighted by atomic mass is 10.1.